The first-order valence-electron chi connectivity index (χ1n) is 5.58. The van der Waals surface area contributed by atoms with Crippen LogP contribution in [0.1, 0.15) is 19.4 Å². The average Bonchev–Trinajstić information content (AvgIpc) is 2.68. The lowest BCUT2D eigenvalue weighted by atomic mass is 9.90. The van der Waals surface area contributed by atoms with Crippen molar-refractivity contribution in [3.05, 3.63) is 35.9 Å². The lowest BCUT2D eigenvalue weighted by Gasteiger charge is -2.25. The van der Waals surface area contributed by atoms with Gasteiger partial charge in [0.05, 0.1) is 6.61 Å². The summed E-state index contributed by atoms with van der Waals surface area (Å²) >= 11 is -1.95. The Morgan fingerprint density at radius 3 is 2.72 bits per heavy atom. The largest absolute Gasteiger partial charge is 0.464 e. The van der Waals surface area contributed by atoms with Gasteiger partial charge in [-0.3, -0.25) is 4.18 Å². The van der Waals surface area contributed by atoms with Gasteiger partial charge in [0.15, 0.2) is 0 Å². The fraction of sp³-hybridized carbons (Fsp3) is 0.417. The number of esters is 1. The summed E-state index contributed by atoms with van der Waals surface area (Å²) in [4.78, 5) is 11.8. The predicted octanol–water partition coefficient (Wildman–Crippen LogP) is 1.46. The zero-order chi connectivity index (χ0) is 13.2. The first-order valence-corrected chi connectivity index (χ1v) is 6.58. The number of ether oxygens (including phenoxy) is 1. The second kappa shape index (κ2) is 5.17. The van der Waals surface area contributed by atoms with Gasteiger partial charge < -0.3 is 4.74 Å². The lowest BCUT2D eigenvalue weighted by molar-refractivity contribution is -0.156. The van der Waals surface area contributed by atoms with Crippen LogP contribution < -0.4 is 0 Å². The molecule has 1 unspecified atom stereocenters. The predicted molar refractivity (Wildman–Crippen MR) is 64.5 cm³/mol. The fourth-order valence-electron chi connectivity index (χ4n) is 1.83. The van der Waals surface area contributed by atoms with Crippen molar-refractivity contribution in [1.29, 1.82) is 0 Å². The molecule has 2 rings (SSSR count). The zero-order valence-corrected chi connectivity index (χ0v) is 10.9. The monoisotopic (exact) mass is 270 g/mol. The Balaban J connectivity index is 2.34. The molecule has 0 N–H and O–H groups in total. The molecule has 3 atom stereocenters. The van der Waals surface area contributed by atoms with E-state index in [1.165, 1.54) is 0 Å². The highest BCUT2D eigenvalue weighted by molar-refractivity contribution is 7.75. The summed E-state index contributed by atoms with van der Waals surface area (Å²) in [5.74, 6) is -0.574. The van der Waals surface area contributed by atoms with Gasteiger partial charge in [-0.25, -0.2) is 8.98 Å². The first kappa shape index (κ1) is 13.2. The normalized spacial score (nSPS) is 31.2. The Kier molecular flexibility index (Phi) is 3.79. The highest BCUT2D eigenvalue weighted by Gasteiger charge is 2.52. The maximum Gasteiger partial charge on any atom is 0.340 e. The minimum absolute atomic E-state index is 0.232. The molecule has 0 spiro atoms. The summed E-state index contributed by atoms with van der Waals surface area (Å²) in [6.07, 6.45) is -1.03. The van der Waals surface area contributed by atoms with E-state index in [0.29, 0.717) is 5.56 Å². The molecule has 0 radical (unpaired) electrons. The highest BCUT2D eigenvalue weighted by atomic mass is 32.2. The molecule has 1 heterocycles. The number of carbonyl (C=O) groups excluding carboxylic acids is 1. The average molecular weight is 270 g/mol. The molecule has 18 heavy (non-hydrogen) atoms. The second-order valence-corrected chi connectivity index (χ2v) is 4.76. The number of hydrogen-bond donors (Lipinski definition) is 0. The van der Waals surface area contributed by atoms with E-state index in [1.54, 1.807) is 26.0 Å². The quantitative estimate of drug-likeness (QED) is 0.778. The van der Waals surface area contributed by atoms with E-state index >= 15 is 0 Å². The minimum atomic E-state index is -1.95. The van der Waals surface area contributed by atoms with E-state index in [-0.39, 0.29) is 6.61 Å². The molecule has 1 fully saturated rings. The Morgan fingerprint density at radius 2 is 2.11 bits per heavy atom. The molecule has 1 aliphatic heterocycles. The molecule has 1 aromatic rings. The molecule has 0 aliphatic carbocycles. The molecule has 0 aromatic heterocycles. The fourth-order valence-corrected chi connectivity index (χ4v) is 2.75. The van der Waals surface area contributed by atoms with E-state index in [1.807, 2.05) is 18.2 Å². The van der Waals surface area contributed by atoms with Gasteiger partial charge in [-0.2, -0.15) is 4.21 Å². The Bertz CT molecular complexity index is 461. The van der Waals surface area contributed by atoms with Gasteiger partial charge in [0, 0.05) is 0 Å². The molecule has 1 aromatic carbocycles. The smallest absolute Gasteiger partial charge is 0.340 e. The minimum Gasteiger partial charge on any atom is -0.464 e. The molecular formula is C12H14O5S. The molecule has 0 saturated carbocycles. The number of rotatable bonds is 3. The van der Waals surface area contributed by atoms with Crippen LogP contribution in [0.25, 0.3) is 0 Å². The van der Waals surface area contributed by atoms with Crippen molar-refractivity contribution in [2.45, 2.75) is 25.6 Å². The standard InChI is InChI=1S/C12H14O5S/c1-3-15-11(13)10-12(2,17-18(14)16-10)9-7-5-4-6-8-9/h4-8,10H,3H2,1-2H3/t10-,12-,18?/m0/s1. The van der Waals surface area contributed by atoms with Crippen LogP contribution in [0.4, 0.5) is 0 Å². The van der Waals surface area contributed by atoms with Crippen LogP contribution in [-0.4, -0.2) is 22.9 Å². The third-order valence-corrected chi connectivity index (χ3v) is 3.60. The van der Waals surface area contributed by atoms with Crippen LogP contribution in [0.2, 0.25) is 0 Å². The number of carbonyl (C=O) groups is 1. The molecule has 1 saturated heterocycles. The summed E-state index contributed by atoms with van der Waals surface area (Å²) in [5.41, 5.74) is -0.382. The maximum absolute atomic E-state index is 11.8. The van der Waals surface area contributed by atoms with Crippen molar-refractivity contribution in [3.8, 4) is 0 Å². The second-order valence-electron chi connectivity index (χ2n) is 3.99. The number of hydrogen-bond acceptors (Lipinski definition) is 5. The summed E-state index contributed by atoms with van der Waals surface area (Å²) in [7, 11) is 0. The van der Waals surface area contributed by atoms with Gasteiger partial charge in [0.25, 0.3) is 0 Å². The third kappa shape index (κ3) is 2.31. The molecule has 0 amide bonds. The van der Waals surface area contributed by atoms with Gasteiger partial charge in [0.1, 0.15) is 5.60 Å². The SMILES string of the molecule is CCOC(=O)[C@@H]1OS(=O)O[C@@]1(C)c1ccccc1. The van der Waals surface area contributed by atoms with Crippen molar-refractivity contribution in [2.24, 2.45) is 0 Å². The van der Waals surface area contributed by atoms with Gasteiger partial charge in [0.2, 0.25) is 6.10 Å². The van der Waals surface area contributed by atoms with Crippen molar-refractivity contribution >= 4 is 17.3 Å². The Morgan fingerprint density at radius 1 is 1.44 bits per heavy atom. The van der Waals surface area contributed by atoms with Gasteiger partial charge in [-0.15, -0.1) is 0 Å². The van der Waals surface area contributed by atoms with Crippen LogP contribution in [0.5, 0.6) is 0 Å². The van der Waals surface area contributed by atoms with E-state index in [2.05, 4.69) is 0 Å². The van der Waals surface area contributed by atoms with E-state index in [9.17, 15) is 9.00 Å². The molecule has 5 nitrogen and oxygen atoms in total. The van der Waals surface area contributed by atoms with Crippen molar-refractivity contribution in [2.75, 3.05) is 6.61 Å². The Hall–Kier alpha value is -1.24. The van der Waals surface area contributed by atoms with Crippen molar-refractivity contribution < 1.29 is 22.1 Å². The summed E-state index contributed by atoms with van der Waals surface area (Å²) < 4.78 is 26.6. The molecule has 1 aliphatic rings. The first-order chi connectivity index (χ1) is 8.58. The van der Waals surface area contributed by atoms with Crippen LogP contribution in [0.3, 0.4) is 0 Å². The lowest BCUT2D eigenvalue weighted by Crippen LogP contribution is -2.40. The van der Waals surface area contributed by atoms with Crippen LogP contribution >= 0.6 is 0 Å². The Labute approximate surface area is 108 Å². The molecular weight excluding hydrogens is 256 g/mol. The molecule has 6 heteroatoms. The number of benzene rings is 1. The summed E-state index contributed by atoms with van der Waals surface area (Å²) in [6.45, 7) is 3.59. The highest BCUT2D eigenvalue weighted by Crippen LogP contribution is 2.38. The van der Waals surface area contributed by atoms with Crippen molar-refractivity contribution in [1.82, 2.24) is 0 Å². The van der Waals surface area contributed by atoms with E-state index < -0.39 is 29.0 Å². The van der Waals surface area contributed by atoms with Crippen LogP contribution in [0.15, 0.2) is 30.3 Å². The van der Waals surface area contributed by atoms with Crippen LogP contribution in [0, 0.1) is 0 Å². The van der Waals surface area contributed by atoms with E-state index in [0.717, 1.165) is 0 Å². The topological polar surface area (TPSA) is 61.8 Å². The summed E-state index contributed by atoms with van der Waals surface area (Å²) in [5, 5.41) is 0. The van der Waals surface area contributed by atoms with Gasteiger partial charge >= 0.3 is 17.3 Å². The van der Waals surface area contributed by atoms with Gasteiger partial charge in [-0.1, -0.05) is 30.3 Å². The zero-order valence-electron chi connectivity index (χ0n) is 10.1. The molecule has 0 bridgehead atoms. The maximum atomic E-state index is 11.8. The molecule has 98 valence electrons. The van der Waals surface area contributed by atoms with Gasteiger partial charge in [-0.05, 0) is 19.4 Å². The van der Waals surface area contributed by atoms with Crippen LogP contribution in [-0.2, 0) is 34.9 Å². The van der Waals surface area contributed by atoms with E-state index in [4.69, 9.17) is 13.1 Å². The summed E-state index contributed by atoms with van der Waals surface area (Å²) in [6, 6.07) is 9.05. The van der Waals surface area contributed by atoms with Crippen molar-refractivity contribution in [3.63, 3.8) is 0 Å². The third-order valence-electron chi connectivity index (χ3n) is 2.76.